The second-order valence-corrected chi connectivity index (χ2v) is 6.30. The molecule has 1 unspecified atom stereocenters. The molecule has 0 fully saturated rings. The number of H-pyrrole nitrogens is 1. The molecule has 0 bridgehead atoms. The van der Waals surface area contributed by atoms with Gasteiger partial charge in [-0.05, 0) is 49.8 Å². The number of aromatic nitrogens is 2. The first-order chi connectivity index (χ1) is 9.65. The minimum Gasteiger partial charge on any atom is -0.306 e. The van der Waals surface area contributed by atoms with Gasteiger partial charge in [0.05, 0.1) is 5.69 Å². The summed E-state index contributed by atoms with van der Waals surface area (Å²) in [4.78, 5) is 1.19. The molecule has 1 aliphatic heterocycles. The van der Waals surface area contributed by atoms with Crippen molar-refractivity contribution in [2.75, 3.05) is 5.75 Å². The zero-order valence-electron chi connectivity index (χ0n) is 11.7. The molecule has 1 aromatic heterocycles. The monoisotopic (exact) mass is 291 g/mol. The van der Waals surface area contributed by atoms with Crippen LogP contribution in [0.3, 0.4) is 0 Å². The fraction of sp³-hybridized carbons (Fsp3) is 0.400. The Kier molecular flexibility index (Phi) is 3.81. The molecule has 0 saturated carbocycles. The Labute approximate surface area is 122 Å². The maximum atomic E-state index is 13.5. The minimum atomic E-state index is -0.159. The van der Waals surface area contributed by atoms with Crippen molar-refractivity contribution in [1.82, 2.24) is 15.5 Å². The molecule has 0 spiro atoms. The maximum Gasteiger partial charge on any atom is 0.123 e. The van der Waals surface area contributed by atoms with Gasteiger partial charge in [-0.15, -0.1) is 11.8 Å². The lowest BCUT2D eigenvalue weighted by Crippen LogP contribution is -2.24. The molecule has 2 heterocycles. The van der Waals surface area contributed by atoms with Crippen molar-refractivity contribution >= 4 is 11.8 Å². The Morgan fingerprint density at radius 2 is 2.30 bits per heavy atom. The summed E-state index contributed by atoms with van der Waals surface area (Å²) in [6, 6.07) is 5.31. The van der Waals surface area contributed by atoms with E-state index in [2.05, 4.69) is 15.5 Å². The van der Waals surface area contributed by atoms with Crippen molar-refractivity contribution in [3.8, 4) is 0 Å². The lowest BCUT2D eigenvalue weighted by atomic mass is 10.0. The van der Waals surface area contributed by atoms with E-state index in [0.29, 0.717) is 0 Å². The molecule has 1 atom stereocenters. The Morgan fingerprint density at radius 3 is 3.05 bits per heavy atom. The summed E-state index contributed by atoms with van der Waals surface area (Å²) in [6.45, 7) is 4.80. The van der Waals surface area contributed by atoms with Gasteiger partial charge in [-0.2, -0.15) is 5.10 Å². The van der Waals surface area contributed by atoms with Gasteiger partial charge in [0.25, 0.3) is 0 Å². The standard InChI is InChI=1S/C15H18FN3S/c1-9-13(10(2)19-18-9)8-17-14-5-6-20-15-4-3-11(16)7-12(14)15/h3-4,7,14,17H,5-6,8H2,1-2H3,(H,18,19). The van der Waals surface area contributed by atoms with E-state index in [4.69, 9.17) is 0 Å². The number of aryl methyl sites for hydroxylation is 2. The first kappa shape index (κ1) is 13.6. The van der Waals surface area contributed by atoms with E-state index in [1.54, 1.807) is 23.9 Å². The van der Waals surface area contributed by atoms with Crippen LogP contribution in [-0.4, -0.2) is 16.0 Å². The molecule has 0 radical (unpaired) electrons. The lowest BCUT2D eigenvalue weighted by Gasteiger charge is -2.26. The van der Waals surface area contributed by atoms with Crippen LogP contribution < -0.4 is 5.32 Å². The summed E-state index contributed by atoms with van der Waals surface area (Å²) < 4.78 is 13.5. The molecular weight excluding hydrogens is 273 g/mol. The van der Waals surface area contributed by atoms with Crippen molar-refractivity contribution in [2.45, 2.75) is 37.8 Å². The molecule has 106 valence electrons. The number of hydrogen-bond acceptors (Lipinski definition) is 3. The van der Waals surface area contributed by atoms with Crippen LogP contribution >= 0.6 is 11.8 Å². The summed E-state index contributed by atoms with van der Waals surface area (Å²) in [6.07, 6.45) is 1.02. The normalized spacial score (nSPS) is 18.1. The van der Waals surface area contributed by atoms with Gasteiger partial charge >= 0.3 is 0 Å². The molecule has 0 aliphatic carbocycles. The van der Waals surface area contributed by atoms with Gasteiger partial charge in [0.1, 0.15) is 5.82 Å². The molecule has 3 nitrogen and oxygen atoms in total. The topological polar surface area (TPSA) is 40.7 Å². The van der Waals surface area contributed by atoms with Crippen LogP contribution in [0.25, 0.3) is 0 Å². The number of hydrogen-bond donors (Lipinski definition) is 2. The van der Waals surface area contributed by atoms with Gasteiger partial charge in [0, 0.05) is 28.7 Å². The highest BCUT2D eigenvalue weighted by atomic mass is 32.2. The van der Waals surface area contributed by atoms with Crippen LogP contribution in [0.2, 0.25) is 0 Å². The molecule has 1 aliphatic rings. The van der Waals surface area contributed by atoms with Crippen LogP contribution in [0.4, 0.5) is 4.39 Å². The van der Waals surface area contributed by atoms with Gasteiger partial charge in [-0.1, -0.05) is 0 Å². The molecule has 2 aromatic rings. The zero-order chi connectivity index (χ0) is 14.1. The Balaban J connectivity index is 1.78. The smallest absolute Gasteiger partial charge is 0.123 e. The van der Waals surface area contributed by atoms with Gasteiger partial charge in [0.2, 0.25) is 0 Å². The first-order valence-corrected chi connectivity index (χ1v) is 7.80. The maximum absolute atomic E-state index is 13.5. The predicted molar refractivity (Wildman–Crippen MR) is 79.4 cm³/mol. The number of rotatable bonds is 3. The van der Waals surface area contributed by atoms with E-state index < -0.39 is 0 Å². The summed E-state index contributed by atoms with van der Waals surface area (Å²) in [5, 5.41) is 10.8. The highest BCUT2D eigenvalue weighted by molar-refractivity contribution is 7.99. The summed E-state index contributed by atoms with van der Waals surface area (Å²) in [5.41, 5.74) is 4.42. The van der Waals surface area contributed by atoms with E-state index in [1.807, 2.05) is 19.9 Å². The van der Waals surface area contributed by atoms with E-state index in [-0.39, 0.29) is 11.9 Å². The molecule has 2 N–H and O–H groups in total. The van der Waals surface area contributed by atoms with E-state index in [9.17, 15) is 4.39 Å². The van der Waals surface area contributed by atoms with Crippen LogP contribution in [0, 0.1) is 19.7 Å². The first-order valence-electron chi connectivity index (χ1n) is 6.81. The SMILES string of the molecule is Cc1n[nH]c(C)c1CNC1CCSc2ccc(F)cc21. The number of benzene rings is 1. The van der Waals surface area contributed by atoms with Gasteiger partial charge in [0.15, 0.2) is 0 Å². The second kappa shape index (κ2) is 5.58. The minimum absolute atomic E-state index is 0.159. The predicted octanol–water partition coefficient (Wildman–Crippen LogP) is 3.49. The average molecular weight is 291 g/mol. The summed E-state index contributed by atoms with van der Waals surface area (Å²) in [7, 11) is 0. The molecule has 20 heavy (non-hydrogen) atoms. The number of fused-ring (bicyclic) bond motifs is 1. The molecular formula is C15H18FN3S. The van der Waals surface area contributed by atoms with Crippen molar-refractivity contribution in [3.63, 3.8) is 0 Å². The van der Waals surface area contributed by atoms with Crippen molar-refractivity contribution < 1.29 is 4.39 Å². The quantitative estimate of drug-likeness (QED) is 0.909. The molecule has 0 saturated heterocycles. The zero-order valence-corrected chi connectivity index (χ0v) is 12.5. The van der Waals surface area contributed by atoms with Crippen LogP contribution in [0.5, 0.6) is 0 Å². The van der Waals surface area contributed by atoms with Crippen LogP contribution in [-0.2, 0) is 6.54 Å². The number of nitrogens with one attached hydrogen (secondary N) is 2. The second-order valence-electron chi connectivity index (χ2n) is 5.17. The largest absolute Gasteiger partial charge is 0.306 e. The summed E-state index contributed by atoms with van der Waals surface area (Å²) in [5.74, 6) is 0.911. The summed E-state index contributed by atoms with van der Waals surface area (Å²) >= 11 is 1.81. The number of halogens is 1. The fourth-order valence-corrected chi connectivity index (χ4v) is 3.74. The molecule has 3 rings (SSSR count). The van der Waals surface area contributed by atoms with Crippen molar-refractivity contribution in [3.05, 3.63) is 46.5 Å². The third kappa shape index (κ3) is 2.60. The van der Waals surface area contributed by atoms with Crippen molar-refractivity contribution in [2.24, 2.45) is 0 Å². The van der Waals surface area contributed by atoms with E-state index in [1.165, 1.54) is 10.5 Å². The number of nitrogens with zero attached hydrogens (tertiary/aromatic N) is 1. The van der Waals surface area contributed by atoms with Crippen LogP contribution in [0.15, 0.2) is 23.1 Å². The Bertz CT molecular complexity index is 604. The number of thioether (sulfide) groups is 1. The average Bonchev–Trinajstić information content (AvgIpc) is 2.76. The van der Waals surface area contributed by atoms with E-state index >= 15 is 0 Å². The highest BCUT2D eigenvalue weighted by Gasteiger charge is 2.21. The number of aromatic amines is 1. The molecule has 1 aromatic carbocycles. The molecule has 0 amide bonds. The van der Waals surface area contributed by atoms with E-state index in [0.717, 1.165) is 35.7 Å². The highest BCUT2D eigenvalue weighted by Crippen LogP contribution is 2.36. The van der Waals surface area contributed by atoms with Crippen LogP contribution in [0.1, 0.15) is 35.0 Å². The van der Waals surface area contributed by atoms with Crippen molar-refractivity contribution in [1.29, 1.82) is 0 Å². The van der Waals surface area contributed by atoms with Gasteiger partial charge in [-0.25, -0.2) is 4.39 Å². The Hall–Kier alpha value is -1.33. The third-order valence-electron chi connectivity index (χ3n) is 3.82. The third-order valence-corrected chi connectivity index (χ3v) is 4.94. The lowest BCUT2D eigenvalue weighted by molar-refractivity contribution is 0.503. The van der Waals surface area contributed by atoms with Gasteiger partial charge in [-0.3, -0.25) is 5.10 Å². The van der Waals surface area contributed by atoms with Gasteiger partial charge < -0.3 is 5.32 Å². The molecule has 5 heteroatoms. The Morgan fingerprint density at radius 1 is 1.45 bits per heavy atom. The fourth-order valence-electron chi connectivity index (χ4n) is 2.64.